The van der Waals surface area contributed by atoms with Crippen LogP contribution in [0.5, 0.6) is 5.75 Å². The highest BCUT2D eigenvalue weighted by atomic mass is 79.9. The maximum Gasteiger partial charge on any atom is 0.123 e. The van der Waals surface area contributed by atoms with Gasteiger partial charge in [0, 0.05) is 10.0 Å². The lowest BCUT2D eigenvalue weighted by molar-refractivity contribution is 0.413. The summed E-state index contributed by atoms with van der Waals surface area (Å²) in [6.45, 7) is 1.07. The molecule has 1 rings (SSSR count). The van der Waals surface area contributed by atoms with Gasteiger partial charge in [-0.3, -0.25) is 0 Å². The second kappa shape index (κ2) is 4.07. The maximum atomic E-state index is 12.3. The van der Waals surface area contributed by atoms with E-state index in [4.69, 9.17) is 5.73 Å². The molecule has 0 aliphatic carbocycles. The van der Waals surface area contributed by atoms with Crippen molar-refractivity contribution < 1.29 is 9.50 Å². The van der Waals surface area contributed by atoms with Crippen molar-refractivity contribution in [2.24, 2.45) is 5.73 Å². The second-order valence-corrected chi connectivity index (χ2v) is 3.84. The molecule has 0 fully saturated rings. The van der Waals surface area contributed by atoms with Gasteiger partial charge in [0.25, 0.3) is 0 Å². The molecule has 0 amide bonds. The fourth-order valence-corrected chi connectivity index (χ4v) is 1.72. The van der Waals surface area contributed by atoms with E-state index in [9.17, 15) is 9.50 Å². The lowest BCUT2D eigenvalue weighted by atomic mass is 10.0. The zero-order chi connectivity index (χ0) is 10.0. The van der Waals surface area contributed by atoms with Crippen LogP contribution in [0.2, 0.25) is 0 Å². The Kier molecular flexibility index (Phi) is 3.27. The number of benzene rings is 1. The largest absolute Gasteiger partial charge is 0.507 e. The number of hydrogen-bond donors (Lipinski definition) is 2. The number of phenolic OH excluding ortho intramolecular Hbond substituents is 1. The van der Waals surface area contributed by atoms with Crippen molar-refractivity contribution >= 4 is 15.9 Å². The molecule has 4 heteroatoms. The fourth-order valence-electron chi connectivity index (χ4n) is 1.13. The summed E-state index contributed by atoms with van der Waals surface area (Å²) in [5, 5.41) is 9.56. The lowest BCUT2D eigenvalue weighted by Crippen LogP contribution is -2.12. The molecular weight excluding hydrogens is 237 g/mol. The van der Waals surface area contributed by atoms with E-state index < -0.39 is 12.7 Å². The molecular formula is C9H11BrFNO. The number of aryl methyl sites for hydroxylation is 1. The van der Waals surface area contributed by atoms with Crippen molar-refractivity contribution in [1.29, 1.82) is 0 Å². The highest BCUT2D eigenvalue weighted by molar-refractivity contribution is 9.10. The first kappa shape index (κ1) is 10.5. The van der Waals surface area contributed by atoms with E-state index in [0.29, 0.717) is 11.1 Å². The average molecular weight is 248 g/mol. The number of hydrogen-bond acceptors (Lipinski definition) is 2. The topological polar surface area (TPSA) is 46.2 Å². The van der Waals surface area contributed by atoms with Crippen molar-refractivity contribution in [2.45, 2.75) is 13.0 Å². The van der Waals surface area contributed by atoms with Gasteiger partial charge in [-0.2, -0.15) is 0 Å². The molecule has 1 aromatic rings. The summed E-state index contributed by atoms with van der Waals surface area (Å²) in [5.41, 5.74) is 6.60. The fraction of sp³-hybridized carbons (Fsp3) is 0.333. The molecule has 0 aliphatic rings. The highest BCUT2D eigenvalue weighted by Crippen LogP contribution is 2.30. The molecule has 0 radical (unpaired) electrons. The minimum Gasteiger partial charge on any atom is -0.507 e. The Bertz CT molecular complexity index is 317. The Morgan fingerprint density at radius 2 is 2.23 bits per heavy atom. The lowest BCUT2D eigenvalue weighted by Gasteiger charge is -2.12. The summed E-state index contributed by atoms with van der Waals surface area (Å²) in [4.78, 5) is 0. The Balaban J connectivity index is 3.20. The minimum atomic E-state index is -0.754. The molecule has 0 unspecified atom stereocenters. The van der Waals surface area contributed by atoms with Crippen molar-refractivity contribution in [1.82, 2.24) is 0 Å². The summed E-state index contributed by atoms with van der Waals surface area (Å²) >= 11 is 3.26. The van der Waals surface area contributed by atoms with E-state index in [0.717, 1.165) is 4.47 Å². The number of alkyl halides is 1. The second-order valence-electron chi connectivity index (χ2n) is 2.92. The van der Waals surface area contributed by atoms with Gasteiger partial charge in [-0.25, -0.2) is 4.39 Å². The molecule has 1 atom stereocenters. The smallest absolute Gasteiger partial charge is 0.123 e. The Labute approximate surface area is 84.7 Å². The standard InChI is InChI=1S/C9H11BrFNO/c1-5-2-6(10)3-7(9(5)13)8(12)4-11/h2-3,8,13H,4,12H2,1H3/t8-/m0/s1. The van der Waals surface area contributed by atoms with Gasteiger partial charge in [-0.1, -0.05) is 15.9 Å². The number of halogens is 2. The van der Waals surface area contributed by atoms with Crippen LogP contribution in [0.15, 0.2) is 16.6 Å². The van der Waals surface area contributed by atoms with Crippen molar-refractivity contribution in [3.8, 4) is 5.75 Å². The predicted octanol–water partition coefficient (Wildman–Crippen LogP) is 2.43. The minimum absolute atomic E-state index is 0.0772. The van der Waals surface area contributed by atoms with Gasteiger partial charge in [0.15, 0.2) is 0 Å². The molecule has 13 heavy (non-hydrogen) atoms. The summed E-state index contributed by atoms with van der Waals surface area (Å²) in [6, 6.07) is 2.63. The molecule has 0 bridgehead atoms. The van der Waals surface area contributed by atoms with Gasteiger partial charge >= 0.3 is 0 Å². The van der Waals surface area contributed by atoms with E-state index in [1.165, 1.54) is 0 Å². The van der Waals surface area contributed by atoms with Crippen LogP contribution in [0.4, 0.5) is 4.39 Å². The number of aromatic hydroxyl groups is 1. The summed E-state index contributed by atoms with van der Waals surface area (Å²) < 4.78 is 13.1. The van der Waals surface area contributed by atoms with Crippen LogP contribution in [0.3, 0.4) is 0 Å². The molecule has 0 spiro atoms. The van der Waals surface area contributed by atoms with Gasteiger partial charge in [-0.15, -0.1) is 0 Å². The van der Waals surface area contributed by atoms with E-state index in [2.05, 4.69) is 15.9 Å². The molecule has 2 nitrogen and oxygen atoms in total. The Morgan fingerprint density at radius 3 is 2.77 bits per heavy atom. The quantitative estimate of drug-likeness (QED) is 0.844. The molecule has 0 saturated heterocycles. The van der Waals surface area contributed by atoms with Gasteiger partial charge in [0.2, 0.25) is 0 Å². The normalized spacial score (nSPS) is 12.9. The van der Waals surface area contributed by atoms with Gasteiger partial charge in [0.05, 0.1) is 6.04 Å². The molecule has 0 heterocycles. The van der Waals surface area contributed by atoms with E-state index in [1.807, 2.05) is 0 Å². The molecule has 0 aromatic heterocycles. The third-order valence-corrected chi connectivity index (χ3v) is 2.32. The van der Waals surface area contributed by atoms with Crippen LogP contribution in [0.25, 0.3) is 0 Å². The van der Waals surface area contributed by atoms with Crippen molar-refractivity contribution in [3.05, 3.63) is 27.7 Å². The molecule has 0 saturated carbocycles. The zero-order valence-corrected chi connectivity index (χ0v) is 8.81. The molecule has 3 N–H and O–H groups in total. The van der Waals surface area contributed by atoms with E-state index in [-0.39, 0.29) is 5.75 Å². The van der Waals surface area contributed by atoms with Crippen LogP contribution in [-0.2, 0) is 0 Å². The van der Waals surface area contributed by atoms with Crippen molar-refractivity contribution in [3.63, 3.8) is 0 Å². The predicted molar refractivity (Wildman–Crippen MR) is 53.4 cm³/mol. The zero-order valence-electron chi connectivity index (χ0n) is 7.22. The number of rotatable bonds is 2. The van der Waals surface area contributed by atoms with Gasteiger partial charge in [0.1, 0.15) is 12.4 Å². The summed E-state index contributed by atoms with van der Waals surface area (Å²) in [6.07, 6.45) is 0. The average Bonchev–Trinajstić information content (AvgIpc) is 2.10. The highest BCUT2D eigenvalue weighted by Gasteiger charge is 2.13. The number of phenols is 1. The van der Waals surface area contributed by atoms with Crippen LogP contribution < -0.4 is 5.73 Å². The van der Waals surface area contributed by atoms with Crippen LogP contribution >= 0.6 is 15.9 Å². The molecule has 72 valence electrons. The van der Waals surface area contributed by atoms with Crippen LogP contribution in [0, 0.1) is 6.92 Å². The van der Waals surface area contributed by atoms with E-state index in [1.54, 1.807) is 19.1 Å². The first-order valence-corrected chi connectivity index (χ1v) is 4.66. The first-order chi connectivity index (χ1) is 6.06. The van der Waals surface area contributed by atoms with Crippen LogP contribution in [0.1, 0.15) is 17.2 Å². The van der Waals surface area contributed by atoms with Gasteiger partial charge < -0.3 is 10.8 Å². The third kappa shape index (κ3) is 2.19. The van der Waals surface area contributed by atoms with E-state index >= 15 is 0 Å². The Morgan fingerprint density at radius 1 is 1.62 bits per heavy atom. The van der Waals surface area contributed by atoms with Crippen LogP contribution in [-0.4, -0.2) is 11.8 Å². The third-order valence-electron chi connectivity index (χ3n) is 1.86. The Hall–Kier alpha value is -0.610. The first-order valence-electron chi connectivity index (χ1n) is 3.86. The maximum absolute atomic E-state index is 12.3. The monoisotopic (exact) mass is 247 g/mol. The SMILES string of the molecule is Cc1cc(Br)cc([C@@H](N)CF)c1O. The number of nitrogens with two attached hydrogens (primary N) is 1. The molecule has 0 aliphatic heterocycles. The summed E-state index contributed by atoms with van der Waals surface area (Å²) in [7, 11) is 0. The van der Waals surface area contributed by atoms with Gasteiger partial charge in [-0.05, 0) is 24.6 Å². The van der Waals surface area contributed by atoms with Crippen molar-refractivity contribution in [2.75, 3.05) is 6.67 Å². The summed E-state index contributed by atoms with van der Waals surface area (Å²) in [5.74, 6) is 0.0772. The molecule has 1 aromatic carbocycles.